The number of nitrogens with one attached hydrogen (secondary N) is 1. The van der Waals surface area contributed by atoms with E-state index in [1.807, 2.05) is 59.3 Å². The van der Waals surface area contributed by atoms with Crippen molar-refractivity contribution in [3.8, 4) is 0 Å². The summed E-state index contributed by atoms with van der Waals surface area (Å²) in [6.45, 7) is 0. The smallest absolute Gasteiger partial charge is 0.410 e. The number of nitrogens with zero attached hydrogens (tertiary/aromatic N) is 3. The maximum absolute atomic E-state index is 11.1. The van der Waals surface area contributed by atoms with Gasteiger partial charge in [-0.05, 0) is 45.3 Å². The second-order valence-corrected chi connectivity index (χ2v) is 8.55. The molecule has 0 bridgehead atoms. The normalized spacial score (nSPS) is 11.4. The Balaban J connectivity index is 1.90. The topological polar surface area (TPSA) is 80.0 Å². The lowest BCUT2D eigenvalue weighted by Gasteiger charge is -2.36. The van der Waals surface area contributed by atoms with E-state index >= 15 is 0 Å². The van der Waals surface area contributed by atoms with Crippen LogP contribution in [0.1, 0.15) is 16.7 Å². The third kappa shape index (κ3) is 3.64. The van der Waals surface area contributed by atoms with Crippen LogP contribution in [0.4, 0.5) is 10.6 Å². The van der Waals surface area contributed by atoms with E-state index in [4.69, 9.17) is 10.2 Å². The van der Waals surface area contributed by atoms with Crippen LogP contribution in [-0.2, 0) is 5.54 Å². The van der Waals surface area contributed by atoms with E-state index in [1.54, 1.807) is 12.3 Å². The summed E-state index contributed by atoms with van der Waals surface area (Å²) in [5.74, 6) is 0.261. The lowest BCUT2D eigenvalue weighted by Crippen LogP contribution is -2.38. The number of carbonyl (C=O) groups is 1. The Labute approximate surface area is 204 Å². The third-order valence-electron chi connectivity index (χ3n) is 5.65. The Kier molecular flexibility index (Phi) is 5.55. The Morgan fingerprint density at radius 3 is 1.79 bits per heavy atom. The van der Waals surface area contributed by atoms with Gasteiger partial charge in [0.2, 0.25) is 0 Å². The number of anilines is 1. The fourth-order valence-electron chi connectivity index (χ4n) is 4.32. The average molecular weight is 546 g/mol. The van der Waals surface area contributed by atoms with Crippen molar-refractivity contribution in [1.29, 1.82) is 0 Å². The van der Waals surface area contributed by atoms with Crippen LogP contribution in [0.5, 0.6) is 0 Å². The van der Waals surface area contributed by atoms with Gasteiger partial charge in [0.15, 0.2) is 0 Å². The van der Waals surface area contributed by atoms with Gasteiger partial charge in [-0.3, -0.25) is 5.32 Å². The van der Waals surface area contributed by atoms with E-state index in [-0.39, 0.29) is 5.82 Å². The SMILES string of the molecule is O=C(O)Nc1cc2c(I)nn(C(c3ccccc3)(c3ccccc3)c3ccccc3)c2cn1. The first-order chi connectivity index (χ1) is 16.1. The minimum atomic E-state index is -1.16. The van der Waals surface area contributed by atoms with Crippen LogP contribution >= 0.6 is 22.6 Å². The van der Waals surface area contributed by atoms with Gasteiger partial charge in [-0.2, -0.15) is 5.10 Å². The lowest BCUT2D eigenvalue weighted by atomic mass is 9.77. The predicted octanol–water partition coefficient (Wildman–Crippen LogP) is 5.97. The lowest BCUT2D eigenvalue weighted by molar-refractivity contribution is 0.209. The van der Waals surface area contributed by atoms with Crippen LogP contribution in [0.3, 0.4) is 0 Å². The summed E-state index contributed by atoms with van der Waals surface area (Å²) in [4.78, 5) is 15.5. The van der Waals surface area contributed by atoms with Crippen LogP contribution in [0.15, 0.2) is 103 Å². The molecular weight excluding hydrogens is 527 g/mol. The van der Waals surface area contributed by atoms with Crippen LogP contribution < -0.4 is 5.32 Å². The zero-order valence-corrected chi connectivity index (χ0v) is 19.5. The first-order valence-corrected chi connectivity index (χ1v) is 11.4. The Morgan fingerprint density at radius 1 is 0.848 bits per heavy atom. The highest BCUT2D eigenvalue weighted by atomic mass is 127. The van der Waals surface area contributed by atoms with Crippen molar-refractivity contribution >= 4 is 45.4 Å². The molecule has 0 saturated carbocycles. The molecule has 0 fully saturated rings. The molecule has 5 rings (SSSR count). The van der Waals surface area contributed by atoms with E-state index in [0.717, 1.165) is 31.3 Å². The third-order valence-corrected chi connectivity index (χ3v) is 6.45. The summed E-state index contributed by atoms with van der Waals surface area (Å²) >= 11 is 2.19. The molecule has 3 aromatic carbocycles. The number of fused-ring (bicyclic) bond motifs is 1. The predicted molar refractivity (Wildman–Crippen MR) is 136 cm³/mol. The second-order valence-electron chi connectivity index (χ2n) is 7.53. The van der Waals surface area contributed by atoms with E-state index in [2.05, 4.69) is 69.3 Å². The molecule has 33 heavy (non-hydrogen) atoms. The summed E-state index contributed by atoms with van der Waals surface area (Å²) in [6.07, 6.45) is 0.524. The number of halogens is 1. The Morgan fingerprint density at radius 2 is 1.33 bits per heavy atom. The van der Waals surface area contributed by atoms with Crippen molar-refractivity contribution < 1.29 is 9.90 Å². The standard InChI is InChI=1S/C26H19IN4O2/c27-24-21-16-23(29-25(32)33)28-17-22(21)31(30-24)26(18-10-4-1-5-11-18,19-12-6-2-7-13-19)20-14-8-3-9-15-20/h1-17H,(H,28,29)(H,32,33). The van der Waals surface area contributed by atoms with Gasteiger partial charge in [-0.1, -0.05) is 91.0 Å². The molecule has 5 aromatic rings. The molecule has 0 atom stereocenters. The molecule has 0 spiro atoms. The summed E-state index contributed by atoms with van der Waals surface area (Å²) in [5, 5.41) is 17.3. The highest BCUT2D eigenvalue weighted by molar-refractivity contribution is 14.1. The van der Waals surface area contributed by atoms with Gasteiger partial charge in [-0.25, -0.2) is 14.5 Å². The minimum absolute atomic E-state index is 0.261. The molecule has 2 aromatic heterocycles. The van der Waals surface area contributed by atoms with E-state index in [9.17, 15) is 4.79 Å². The number of hydrogen-bond acceptors (Lipinski definition) is 3. The van der Waals surface area contributed by atoms with Gasteiger partial charge in [0.1, 0.15) is 15.1 Å². The summed E-state index contributed by atoms with van der Waals surface area (Å²) in [7, 11) is 0. The van der Waals surface area contributed by atoms with Gasteiger partial charge in [-0.15, -0.1) is 0 Å². The van der Waals surface area contributed by atoms with Crippen LogP contribution in [0.2, 0.25) is 0 Å². The molecule has 1 amide bonds. The first kappa shape index (κ1) is 21.1. The molecule has 2 heterocycles. The van der Waals surface area contributed by atoms with E-state index < -0.39 is 11.6 Å². The van der Waals surface area contributed by atoms with Crippen LogP contribution in [0, 0.1) is 3.70 Å². The molecule has 0 unspecified atom stereocenters. The maximum atomic E-state index is 11.1. The largest absolute Gasteiger partial charge is 0.465 e. The van der Waals surface area contributed by atoms with Crippen LogP contribution in [-0.4, -0.2) is 26.0 Å². The number of rotatable bonds is 5. The molecule has 6 nitrogen and oxygen atoms in total. The van der Waals surface area contributed by atoms with Gasteiger partial charge in [0, 0.05) is 5.39 Å². The Bertz CT molecular complexity index is 1320. The molecule has 0 radical (unpaired) electrons. The van der Waals surface area contributed by atoms with Crippen molar-refractivity contribution in [2.45, 2.75) is 5.54 Å². The number of hydrogen-bond donors (Lipinski definition) is 2. The minimum Gasteiger partial charge on any atom is -0.465 e. The average Bonchev–Trinajstić information content (AvgIpc) is 3.17. The molecule has 2 N–H and O–H groups in total. The molecule has 0 aliphatic rings. The summed E-state index contributed by atoms with van der Waals surface area (Å²) < 4.78 is 2.76. The number of aromatic nitrogens is 3. The van der Waals surface area contributed by atoms with Gasteiger partial charge in [0.25, 0.3) is 0 Å². The number of pyridine rings is 1. The monoisotopic (exact) mass is 546 g/mol. The van der Waals surface area contributed by atoms with Gasteiger partial charge in [0.05, 0.1) is 11.7 Å². The highest BCUT2D eigenvalue weighted by Gasteiger charge is 2.40. The number of amides is 1. The van der Waals surface area contributed by atoms with E-state index in [0.29, 0.717) is 0 Å². The molecule has 0 aliphatic carbocycles. The van der Waals surface area contributed by atoms with E-state index in [1.165, 1.54) is 0 Å². The summed E-state index contributed by atoms with van der Waals surface area (Å²) in [6, 6.07) is 32.5. The number of benzene rings is 3. The summed E-state index contributed by atoms with van der Waals surface area (Å²) in [5.41, 5.74) is 3.18. The Hall–Kier alpha value is -3.72. The van der Waals surface area contributed by atoms with Crippen molar-refractivity contribution in [1.82, 2.24) is 14.8 Å². The fraction of sp³-hybridized carbons (Fsp3) is 0.0385. The van der Waals surface area contributed by atoms with Crippen molar-refractivity contribution in [2.24, 2.45) is 0 Å². The van der Waals surface area contributed by atoms with Gasteiger partial charge >= 0.3 is 6.09 Å². The van der Waals surface area contributed by atoms with Crippen molar-refractivity contribution in [2.75, 3.05) is 5.32 Å². The molecular formula is C26H19IN4O2. The highest BCUT2D eigenvalue weighted by Crippen LogP contribution is 2.42. The van der Waals surface area contributed by atoms with Crippen LogP contribution in [0.25, 0.3) is 10.9 Å². The maximum Gasteiger partial charge on any atom is 0.410 e. The zero-order chi connectivity index (χ0) is 22.8. The second kappa shape index (κ2) is 8.67. The van der Waals surface area contributed by atoms with Crippen molar-refractivity contribution in [3.05, 3.63) is 124 Å². The van der Waals surface area contributed by atoms with Gasteiger partial charge < -0.3 is 5.11 Å². The zero-order valence-electron chi connectivity index (χ0n) is 17.4. The van der Waals surface area contributed by atoms with Crippen molar-refractivity contribution in [3.63, 3.8) is 0 Å². The fourth-order valence-corrected chi connectivity index (χ4v) is 4.96. The first-order valence-electron chi connectivity index (χ1n) is 10.3. The molecule has 162 valence electrons. The molecule has 0 aliphatic heterocycles. The quantitative estimate of drug-likeness (QED) is 0.211. The number of carboxylic acid groups (broad SMARTS) is 1. The molecule has 7 heteroatoms. The molecule has 0 saturated heterocycles.